The predicted molar refractivity (Wildman–Crippen MR) is 120 cm³/mol. The molecule has 2 aliphatic rings. The van der Waals surface area contributed by atoms with E-state index in [2.05, 4.69) is 0 Å². The number of nitrogens with zero attached hydrogens (tertiary/aromatic N) is 2. The number of imide groups is 1. The average molecular weight is 487 g/mol. The molecule has 2 heterocycles. The van der Waals surface area contributed by atoms with Gasteiger partial charge in [-0.25, -0.2) is 9.96 Å². The van der Waals surface area contributed by atoms with Gasteiger partial charge in [-0.3, -0.25) is 14.4 Å². The summed E-state index contributed by atoms with van der Waals surface area (Å²) < 4.78 is 39.7. The molecule has 0 saturated carbocycles. The van der Waals surface area contributed by atoms with E-state index in [1.165, 1.54) is 17.2 Å². The minimum absolute atomic E-state index is 0.136. The molecule has 34 heavy (non-hydrogen) atoms. The molecule has 2 aliphatic heterocycles. The Kier molecular flexibility index (Phi) is 5.37. The van der Waals surface area contributed by atoms with Crippen LogP contribution in [0.15, 0.2) is 72.8 Å². The molecule has 9 heteroatoms. The maximum atomic E-state index is 13.5. The molecule has 0 bridgehead atoms. The molecular weight excluding hydrogens is 469 g/mol. The van der Waals surface area contributed by atoms with Crippen molar-refractivity contribution in [2.24, 2.45) is 5.92 Å². The Bertz CT molecular complexity index is 1260. The summed E-state index contributed by atoms with van der Waals surface area (Å²) in [5.74, 6) is -2.26. The van der Waals surface area contributed by atoms with Crippen molar-refractivity contribution in [1.82, 2.24) is 0 Å². The Morgan fingerprint density at radius 1 is 0.882 bits per heavy atom. The summed E-state index contributed by atoms with van der Waals surface area (Å²) in [6.45, 7) is 1.92. The van der Waals surface area contributed by atoms with E-state index in [0.29, 0.717) is 10.7 Å². The van der Waals surface area contributed by atoms with Crippen molar-refractivity contribution in [3.63, 3.8) is 0 Å². The van der Waals surface area contributed by atoms with Crippen LogP contribution < -0.4 is 9.96 Å². The Hall–Kier alpha value is -3.36. The molecule has 3 atom stereocenters. The number of hydroxylamine groups is 1. The number of benzene rings is 3. The zero-order chi connectivity index (χ0) is 24.2. The van der Waals surface area contributed by atoms with E-state index >= 15 is 0 Å². The van der Waals surface area contributed by atoms with Crippen molar-refractivity contribution in [3.05, 3.63) is 94.5 Å². The Morgan fingerprint density at radius 2 is 1.56 bits per heavy atom. The first-order valence-electron chi connectivity index (χ1n) is 10.5. The van der Waals surface area contributed by atoms with Gasteiger partial charge in [-0.05, 0) is 55.0 Å². The van der Waals surface area contributed by atoms with Crippen LogP contribution in [0, 0.1) is 12.8 Å². The third-order valence-corrected chi connectivity index (χ3v) is 6.30. The third kappa shape index (κ3) is 3.73. The van der Waals surface area contributed by atoms with Crippen LogP contribution in [-0.4, -0.2) is 17.9 Å². The van der Waals surface area contributed by atoms with Crippen LogP contribution in [0.4, 0.5) is 24.5 Å². The van der Waals surface area contributed by atoms with E-state index < -0.39 is 41.6 Å². The predicted octanol–water partition coefficient (Wildman–Crippen LogP) is 5.72. The molecule has 0 aromatic heterocycles. The number of alkyl halides is 3. The number of carbonyl (C=O) groups is 2. The molecule has 5 rings (SSSR count). The van der Waals surface area contributed by atoms with E-state index in [-0.39, 0.29) is 5.69 Å². The van der Waals surface area contributed by atoms with Crippen molar-refractivity contribution >= 4 is 34.8 Å². The van der Waals surface area contributed by atoms with Crippen molar-refractivity contribution in [1.29, 1.82) is 0 Å². The van der Waals surface area contributed by atoms with Gasteiger partial charge in [-0.15, -0.1) is 0 Å². The van der Waals surface area contributed by atoms with Crippen LogP contribution in [0.3, 0.4) is 0 Å². The summed E-state index contributed by atoms with van der Waals surface area (Å²) in [6, 6.07) is 17.7. The molecule has 3 aromatic carbocycles. The Balaban J connectivity index is 1.57. The number of hydrogen-bond acceptors (Lipinski definition) is 4. The highest BCUT2D eigenvalue weighted by molar-refractivity contribution is 6.30. The normalized spacial score (nSPS) is 22.4. The number of rotatable bonds is 3. The van der Waals surface area contributed by atoms with Gasteiger partial charge in [0.2, 0.25) is 5.91 Å². The zero-order valence-corrected chi connectivity index (χ0v) is 18.5. The van der Waals surface area contributed by atoms with Crippen LogP contribution >= 0.6 is 11.6 Å². The fourth-order valence-corrected chi connectivity index (χ4v) is 4.53. The van der Waals surface area contributed by atoms with Gasteiger partial charge in [0.05, 0.1) is 23.0 Å². The molecule has 0 unspecified atom stereocenters. The zero-order valence-electron chi connectivity index (χ0n) is 17.8. The second kappa shape index (κ2) is 8.14. The van der Waals surface area contributed by atoms with Gasteiger partial charge in [0.25, 0.3) is 5.91 Å². The first-order chi connectivity index (χ1) is 16.1. The number of aryl methyl sites for hydroxylation is 1. The average Bonchev–Trinajstić information content (AvgIpc) is 3.30. The first kappa shape index (κ1) is 22.4. The second-order valence-corrected chi connectivity index (χ2v) is 8.71. The van der Waals surface area contributed by atoms with E-state index in [9.17, 15) is 22.8 Å². The minimum Gasteiger partial charge on any atom is -0.273 e. The summed E-state index contributed by atoms with van der Waals surface area (Å²) in [7, 11) is 0. The molecule has 2 saturated heterocycles. The minimum atomic E-state index is -4.61. The lowest BCUT2D eigenvalue weighted by Crippen LogP contribution is -2.37. The second-order valence-electron chi connectivity index (χ2n) is 8.27. The topological polar surface area (TPSA) is 49.9 Å². The number of carbonyl (C=O) groups excluding carboxylic acids is 2. The highest BCUT2D eigenvalue weighted by Crippen LogP contribution is 2.48. The summed E-state index contributed by atoms with van der Waals surface area (Å²) in [6.07, 6.45) is -5.78. The van der Waals surface area contributed by atoms with Gasteiger partial charge in [-0.1, -0.05) is 47.5 Å². The summed E-state index contributed by atoms with van der Waals surface area (Å²) >= 11 is 6.01. The fourth-order valence-electron chi connectivity index (χ4n) is 4.40. The Morgan fingerprint density at radius 3 is 2.21 bits per heavy atom. The standard InChI is InChI=1S/C25H18ClF3N2O3/c1-14-5-7-15(8-6-14)21-20-22(34-31(21)18-11-9-17(26)10-12-18)24(33)30(23(20)32)19-4-2-3-16(13-19)25(27,28)29/h2-13,20-22H,1H3/t20-,21-,22+/m0/s1. The lowest BCUT2D eigenvalue weighted by atomic mass is 9.90. The molecule has 0 aliphatic carbocycles. The van der Waals surface area contributed by atoms with Gasteiger partial charge in [0, 0.05) is 5.02 Å². The summed E-state index contributed by atoms with van der Waals surface area (Å²) in [5, 5.41) is 2.02. The quantitative estimate of drug-likeness (QED) is 0.444. The molecule has 3 aromatic rings. The van der Waals surface area contributed by atoms with Crippen molar-refractivity contribution in [2.75, 3.05) is 9.96 Å². The molecule has 0 N–H and O–H groups in total. The number of anilines is 2. The number of fused-ring (bicyclic) bond motifs is 1. The monoisotopic (exact) mass is 486 g/mol. The molecular formula is C25H18ClF3N2O3. The number of halogens is 4. The van der Waals surface area contributed by atoms with Crippen LogP contribution in [-0.2, 0) is 20.6 Å². The lowest BCUT2D eigenvalue weighted by Gasteiger charge is -2.29. The number of hydrogen-bond donors (Lipinski definition) is 0. The van der Waals surface area contributed by atoms with E-state index in [1.54, 1.807) is 24.3 Å². The van der Waals surface area contributed by atoms with Gasteiger partial charge in [0.1, 0.15) is 5.92 Å². The maximum Gasteiger partial charge on any atom is 0.416 e. The van der Waals surface area contributed by atoms with Crippen molar-refractivity contribution in [2.45, 2.75) is 25.2 Å². The summed E-state index contributed by atoms with van der Waals surface area (Å²) in [5.41, 5.74) is 1.26. The van der Waals surface area contributed by atoms with Crippen LogP contribution in [0.2, 0.25) is 5.02 Å². The van der Waals surface area contributed by atoms with Gasteiger partial charge in [-0.2, -0.15) is 13.2 Å². The van der Waals surface area contributed by atoms with Crippen molar-refractivity contribution < 1.29 is 27.6 Å². The fraction of sp³-hybridized carbons (Fsp3) is 0.200. The van der Waals surface area contributed by atoms with E-state index in [1.807, 2.05) is 31.2 Å². The first-order valence-corrected chi connectivity index (χ1v) is 10.9. The van der Waals surface area contributed by atoms with E-state index in [0.717, 1.165) is 28.2 Å². The highest BCUT2D eigenvalue weighted by Gasteiger charge is 2.60. The third-order valence-electron chi connectivity index (χ3n) is 6.05. The molecule has 174 valence electrons. The largest absolute Gasteiger partial charge is 0.416 e. The van der Waals surface area contributed by atoms with Crippen LogP contribution in [0.5, 0.6) is 0 Å². The highest BCUT2D eigenvalue weighted by atomic mass is 35.5. The number of amides is 2. The Labute approximate surface area is 198 Å². The maximum absolute atomic E-state index is 13.5. The molecule has 0 radical (unpaired) electrons. The van der Waals surface area contributed by atoms with Gasteiger partial charge in [0.15, 0.2) is 6.10 Å². The molecule has 0 spiro atoms. The van der Waals surface area contributed by atoms with Gasteiger partial charge < -0.3 is 0 Å². The van der Waals surface area contributed by atoms with E-state index in [4.69, 9.17) is 16.4 Å². The van der Waals surface area contributed by atoms with Crippen LogP contribution in [0.1, 0.15) is 22.7 Å². The SMILES string of the molecule is Cc1ccc([C@H]2[C@@H]3C(=O)N(c4cccc(C(F)(F)F)c4)C(=O)[C@@H]3ON2c2ccc(Cl)cc2)cc1. The molecule has 5 nitrogen and oxygen atoms in total. The van der Waals surface area contributed by atoms with Crippen molar-refractivity contribution in [3.8, 4) is 0 Å². The molecule has 2 amide bonds. The van der Waals surface area contributed by atoms with Crippen LogP contribution in [0.25, 0.3) is 0 Å². The molecule has 2 fully saturated rings. The summed E-state index contributed by atoms with van der Waals surface area (Å²) in [4.78, 5) is 33.6. The lowest BCUT2D eigenvalue weighted by molar-refractivity contribution is -0.137. The van der Waals surface area contributed by atoms with Gasteiger partial charge >= 0.3 is 6.18 Å². The smallest absolute Gasteiger partial charge is 0.273 e.